The van der Waals surface area contributed by atoms with Gasteiger partial charge in [-0.05, 0) is 0 Å². The van der Waals surface area contributed by atoms with E-state index in [2.05, 4.69) is 59.0 Å². The van der Waals surface area contributed by atoms with Crippen LogP contribution < -0.4 is 5.30 Å². The molecule has 1 rings (SSSR count). The Balaban J connectivity index is 2.90. The Labute approximate surface area is 82.6 Å². The van der Waals surface area contributed by atoms with E-state index < -0.39 is 5.51 Å². The van der Waals surface area contributed by atoms with E-state index in [9.17, 15) is 0 Å². The van der Waals surface area contributed by atoms with Gasteiger partial charge in [0.25, 0.3) is 0 Å². The summed E-state index contributed by atoms with van der Waals surface area (Å²) in [5.41, 5.74) is -0.920. The average Bonchev–Trinajstić information content (AvgIpc) is 2.06. The summed E-state index contributed by atoms with van der Waals surface area (Å²) in [5.74, 6) is 0. The molecule has 0 spiro atoms. The predicted octanol–water partition coefficient (Wildman–Crippen LogP) is 2.45. The number of hydrogen-bond acceptors (Lipinski definition) is 0. The van der Waals surface area contributed by atoms with E-state index in [-0.39, 0.29) is 0 Å². The topological polar surface area (TPSA) is 0 Å². The number of hydrogen-bond donors (Lipinski definition) is 0. The molecule has 1 atom stereocenters. The van der Waals surface area contributed by atoms with Crippen LogP contribution >= 0.6 is 5.51 Å². The van der Waals surface area contributed by atoms with Crippen LogP contribution in [0.15, 0.2) is 30.3 Å². The molecule has 1 aromatic rings. The third-order valence-corrected chi connectivity index (χ3v) is 7.12. The van der Waals surface area contributed by atoms with Crippen LogP contribution in [0.4, 0.5) is 0 Å². The van der Waals surface area contributed by atoms with Crippen molar-refractivity contribution in [3.8, 4) is 0 Å². The molecular weight excluding hydrogens is 230 g/mol. The Morgan fingerprint density at radius 3 is 2.33 bits per heavy atom. The van der Waals surface area contributed by atoms with Crippen molar-refractivity contribution in [3.05, 3.63) is 30.3 Å². The van der Waals surface area contributed by atoms with Gasteiger partial charge in [-0.2, -0.15) is 0 Å². The first-order chi connectivity index (χ1) is 5.67. The predicted molar refractivity (Wildman–Crippen MR) is 59.8 cm³/mol. The number of rotatable bonds is 3. The van der Waals surface area contributed by atoms with E-state index in [1.165, 1.54) is 17.9 Å². The van der Waals surface area contributed by atoms with Gasteiger partial charge < -0.3 is 0 Å². The third-order valence-electron chi connectivity index (χ3n) is 1.95. The molecule has 12 heavy (non-hydrogen) atoms. The molecule has 0 aliphatic carbocycles. The monoisotopic (exact) mass is 246 g/mol. The van der Waals surface area contributed by atoms with Crippen molar-refractivity contribution < 1.29 is 0 Å². The molecule has 0 heterocycles. The van der Waals surface area contributed by atoms with Gasteiger partial charge in [0.2, 0.25) is 0 Å². The SMILES string of the molecule is CCC[P@@](C)(=[Se])c1ccccc1. The second-order valence-electron chi connectivity index (χ2n) is 3.16. The number of benzene rings is 1. The summed E-state index contributed by atoms with van der Waals surface area (Å²) in [7, 11) is 0. The summed E-state index contributed by atoms with van der Waals surface area (Å²) < 4.78 is 0. The summed E-state index contributed by atoms with van der Waals surface area (Å²) in [6.45, 7) is 4.62. The first kappa shape index (κ1) is 10.3. The summed E-state index contributed by atoms with van der Waals surface area (Å²) in [5, 5.41) is 1.51. The molecule has 0 N–H and O–H groups in total. The average molecular weight is 245 g/mol. The van der Waals surface area contributed by atoms with Gasteiger partial charge in [-0.3, -0.25) is 0 Å². The molecule has 0 saturated carbocycles. The normalized spacial score (nSPS) is 15.5. The zero-order chi connectivity index (χ0) is 9.03. The molecule has 1 aromatic carbocycles. The van der Waals surface area contributed by atoms with Gasteiger partial charge >= 0.3 is 82.4 Å². The molecule has 0 aromatic heterocycles. The molecule has 0 radical (unpaired) electrons. The van der Waals surface area contributed by atoms with Crippen LogP contribution in [0.5, 0.6) is 0 Å². The fraction of sp³-hybridized carbons (Fsp3) is 0.400. The minimum atomic E-state index is -0.920. The van der Waals surface area contributed by atoms with Gasteiger partial charge in [0.1, 0.15) is 0 Å². The first-order valence-corrected chi connectivity index (χ1v) is 8.92. The van der Waals surface area contributed by atoms with E-state index in [0.717, 1.165) is 0 Å². The van der Waals surface area contributed by atoms with Crippen LogP contribution in [0.25, 0.3) is 0 Å². The van der Waals surface area contributed by atoms with Gasteiger partial charge in [-0.1, -0.05) is 0 Å². The molecule has 0 unspecified atom stereocenters. The summed E-state index contributed by atoms with van der Waals surface area (Å²) in [4.78, 5) is 0. The van der Waals surface area contributed by atoms with E-state index >= 15 is 0 Å². The van der Waals surface area contributed by atoms with Crippen LogP contribution in [0.3, 0.4) is 0 Å². The van der Waals surface area contributed by atoms with Crippen LogP contribution in [0.1, 0.15) is 13.3 Å². The van der Waals surface area contributed by atoms with Crippen molar-refractivity contribution in [1.82, 2.24) is 0 Å². The van der Waals surface area contributed by atoms with Crippen molar-refractivity contribution in [1.29, 1.82) is 0 Å². The molecule has 0 fully saturated rings. The van der Waals surface area contributed by atoms with Crippen LogP contribution in [-0.2, 0) is 0 Å². The fourth-order valence-corrected chi connectivity index (χ4v) is 5.13. The maximum atomic E-state index is 3.38. The summed E-state index contributed by atoms with van der Waals surface area (Å²) in [6, 6.07) is 10.8. The molecule has 0 aliphatic rings. The van der Waals surface area contributed by atoms with Crippen molar-refractivity contribution in [3.63, 3.8) is 0 Å². The molecule has 0 saturated heterocycles. The Morgan fingerprint density at radius 2 is 1.83 bits per heavy atom. The van der Waals surface area contributed by atoms with E-state index in [0.29, 0.717) is 0 Å². The molecule has 0 amide bonds. The summed E-state index contributed by atoms with van der Waals surface area (Å²) in [6.07, 6.45) is 2.59. The standard InChI is InChI=1S/C10H15PSe/c1-3-9-11(2,12)10-7-5-4-6-8-10/h4-8H,3,9H2,1-2H3/t11-/m1/s1. The fourth-order valence-electron chi connectivity index (χ4n) is 1.30. The zero-order valence-corrected chi connectivity index (χ0v) is 10.3. The van der Waals surface area contributed by atoms with Crippen molar-refractivity contribution in [2.75, 3.05) is 12.8 Å². The zero-order valence-electron chi connectivity index (χ0n) is 7.66. The Bertz CT molecular complexity index is 279. The van der Waals surface area contributed by atoms with E-state index in [1.807, 2.05) is 0 Å². The second kappa shape index (κ2) is 4.42. The first-order valence-electron chi connectivity index (χ1n) is 4.29. The molecule has 0 bridgehead atoms. The Kier molecular flexibility index (Phi) is 3.77. The Morgan fingerprint density at radius 1 is 1.25 bits per heavy atom. The third kappa shape index (κ3) is 2.59. The molecular formula is C10H15PSe. The van der Waals surface area contributed by atoms with Crippen LogP contribution in [0.2, 0.25) is 0 Å². The van der Waals surface area contributed by atoms with E-state index in [1.54, 1.807) is 0 Å². The van der Waals surface area contributed by atoms with Crippen molar-refractivity contribution >= 4 is 25.9 Å². The van der Waals surface area contributed by atoms with Gasteiger partial charge in [-0.15, -0.1) is 0 Å². The molecule has 66 valence electrons. The van der Waals surface area contributed by atoms with Gasteiger partial charge in [0.05, 0.1) is 0 Å². The Hall–Kier alpha value is 0.169. The van der Waals surface area contributed by atoms with E-state index in [4.69, 9.17) is 0 Å². The molecule has 0 nitrogen and oxygen atoms in total. The van der Waals surface area contributed by atoms with Crippen molar-refractivity contribution in [2.24, 2.45) is 0 Å². The van der Waals surface area contributed by atoms with Gasteiger partial charge in [0.15, 0.2) is 0 Å². The quantitative estimate of drug-likeness (QED) is 0.566. The minimum absolute atomic E-state index is 0.920. The molecule has 2 heteroatoms. The second-order valence-corrected chi connectivity index (χ2v) is 11.4. The van der Waals surface area contributed by atoms with Crippen LogP contribution in [0, 0.1) is 0 Å². The maximum absolute atomic E-state index is 3.38. The summed E-state index contributed by atoms with van der Waals surface area (Å²) >= 11 is 3.38. The van der Waals surface area contributed by atoms with Gasteiger partial charge in [0, 0.05) is 0 Å². The molecule has 0 aliphatic heterocycles. The van der Waals surface area contributed by atoms with Crippen molar-refractivity contribution in [2.45, 2.75) is 13.3 Å². The van der Waals surface area contributed by atoms with Gasteiger partial charge in [-0.25, -0.2) is 0 Å². The van der Waals surface area contributed by atoms with Crippen LogP contribution in [-0.4, -0.2) is 27.9 Å².